The van der Waals surface area contributed by atoms with Gasteiger partial charge in [-0.15, -0.1) is 0 Å². The number of hydrogen-bond acceptors (Lipinski definition) is 4. The first kappa shape index (κ1) is 15.4. The van der Waals surface area contributed by atoms with Crippen LogP contribution < -0.4 is 5.32 Å². The topological polar surface area (TPSA) is 55.8 Å². The van der Waals surface area contributed by atoms with Gasteiger partial charge in [0, 0.05) is 6.54 Å². The molecule has 1 unspecified atom stereocenters. The van der Waals surface area contributed by atoms with Crippen molar-refractivity contribution in [1.82, 2.24) is 15.1 Å². The fourth-order valence-corrected chi connectivity index (χ4v) is 2.50. The lowest BCUT2D eigenvalue weighted by Gasteiger charge is -2.33. The van der Waals surface area contributed by atoms with E-state index in [-0.39, 0.29) is 5.92 Å². The average molecular weight is 257 g/mol. The molecule has 1 aliphatic rings. The van der Waals surface area contributed by atoms with Gasteiger partial charge in [-0.3, -0.25) is 4.79 Å². The first-order valence-electron chi connectivity index (χ1n) is 6.68. The molecule has 2 N–H and O–H groups in total. The van der Waals surface area contributed by atoms with Crippen molar-refractivity contribution in [3.8, 4) is 0 Å². The summed E-state index contributed by atoms with van der Waals surface area (Å²) in [5, 5.41) is 12.6. The second-order valence-electron chi connectivity index (χ2n) is 5.70. The number of carboxylic acids is 1. The van der Waals surface area contributed by atoms with Crippen LogP contribution in [0.5, 0.6) is 0 Å². The van der Waals surface area contributed by atoms with Crippen molar-refractivity contribution in [2.45, 2.75) is 24.8 Å². The van der Waals surface area contributed by atoms with E-state index < -0.39 is 11.5 Å². The van der Waals surface area contributed by atoms with Gasteiger partial charge in [0.2, 0.25) is 0 Å². The fourth-order valence-electron chi connectivity index (χ4n) is 2.50. The minimum Gasteiger partial charge on any atom is -0.480 e. The predicted molar refractivity (Wildman–Crippen MR) is 72.8 cm³/mol. The Morgan fingerprint density at radius 3 is 2.33 bits per heavy atom. The van der Waals surface area contributed by atoms with Gasteiger partial charge in [-0.25, -0.2) is 0 Å². The van der Waals surface area contributed by atoms with Crippen LogP contribution in [0.15, 0.2) is 0 Å². The minimum absolute atomic E-state index is 0.288. The van der Waals surface area contributed by atoms with Crippen LogP contribution in [0.1, 0.15) is 19.3 Å². The maximum absolute atomic E-state index is 11.6. The minimum atomic E-state index is -0.757. The number of carbonyl (C=O) groups is 1. The molecule has 0 aliphatic heterocycles. The summed E-state index contributed by atoms with van der Waals surface area (Å²) >= 11 is 0. The summed E-state index contributed by atoms with van der Waals surface area (Å²) in [5.74, 6) is -0.428. The second kappa shape index (κ2) is 6.50. The third-order valence-corrected chi connectivity index (χ3v) is 3.77. The van der Waals surface area contributed by atoms with E-state index in [0.29, 0.717) is 6.54 Å². The van der Waals surface area contributed by atoms with Gasteiger partial charge in [0.05, 0.1) is 0 Å². The molecule has 1 atom stereocenters. The Morgan fingerprint density at radius 2 is 1.94 bits per heavy atom. The van der Waals surface area contributed by atoms with E-state index in [9.17, 15) is 9.90 Å². The van der Waals surface area contributed by atoms with E-state index >= 15 is 0 Å². The molecule has 0 amide bonds. The number of aliphatic carboxylic acids is 1. The zero-order valence-electron chi connectivity index (χ0n) is 12.1. The Kier molecular flexibility index (Phi) is 5.56. The molecule has 0 spiro atoms. The van der Waals surface area contributed by atoms with Gasteiger partial charge in [-0.05, 0) is 66.5 Å². The van der Waals surface area contributed by atoms with E-state index in [1.807, 2.05) is 7.05 Å². The molecule has 106 valence electrons. The van der Waals surface area contributed by atoms with E-state index in [1.54, 1.807) is 7.05 Å². The monoisotopic (exact) mass is 257 g/mol. The molecule has 1 aliphatic carbocycles. The van der Waals surface area contributed by atoms with Crippen LogP contribution >= 0.6 is 0 Å². The zero-order chi connectivity index (χ0) is 13.8. The molecule has 18 heavy (non-hydrogen) atoms. The number of rotatable bonds is 9. The lowest BCUT2D eigenvalue weighted by molar-refractivity contribution is -0.146. The summed E-state index contributed by atoms with van der Waals surface area (Å²) in [7, 11) is 7.88. The normalized spacial score (nSPS) is 19.2. The quantitative estimate of drug-likeness (QED) is 0.623. The van der Waals surface area contributed by atoms with Crippen LogP contribution in [-0.4, -0.2) is 74.2 Å². The van der Waals surface area contributed by atoms with Gasteiger partial charge in [-0.2, -0.15) is 0 Å². The molecule has 0 aromatic heterocycles. The lowest BCUT2D eigenvalue weighted by atomic mass is 9.92. The Morgan fingerprint density at radius 1 is 1.33 bits per heavy atom. The predicted octanol–water partition coefficient (Wildman–Crippen LogP) is 0.323. The van der Waals surface area contributed by atoms with Crippen molar-refractivity contribution in [3.63, 3.8) is 0 Å². The Bertz CT molecular complexity index is 279. The first-order chi connectivity index (χ1) is 8.42. The van der Waals surface area contributed by atoms with Crippen LogP contribution in [0.4, 0.5) is 0 Å². The highest BCUT2D eigenvalue weighted by Gasteiger charge is 2.50. The number of hydrogen-bond donors (Lipinski definition) is 2. The van der Waals surface area contributed by atoms with Crippen molar-refractivity contribution in [1.29, 1.82) is 0 Å². The van der Waals surface area contributed by atoms with Crippen molar-refractivity contribution in [2.24, 2.45) is 5.92 Å². The van der Waals surface area contributed by atoms with E-state index in [1.165, 1.54) is 0 Å². The molecule has 0 radical (unpaired) electrons. The Labute approximate surface area is 110 Å². The summed E-state index contributed by atoms with van der Waals surface area (Å²) in [4.78, 5) is 15.8. The van der Waals surface area contributed by atoms with Crippen LogP contribution in [0, 0.1) is 5.92 Å². The molecule has 5 heteroatoms. The molecule has 1 rings (SSSR count). The molecular formula is C13H27N3O2. The number of nitrogens with one attached hydrogen (secondary N) is 1. The van der Waals surface area contributed by atoms with Crippen molar-refractivity contribution in [2.75, 3.05) is 47.8 Å². The van der Waals surface area contributed by atoms with Crippen LogP contribution in [0.25, 0.3) is 0 Å². The highest BCUT2D eigenvalue weighted by Crippen LogP contribution is 2.40. The smallest absolute Gasteiger partial charge is 0.325 e. The van der Waals surface area contributed by atoms with E-state index in [0.717, 1.165) is 32.4 Å². The molecule has 5 nitrogen and oxygen atoms in total. The third-order valence-electron chi connectivity index (χ3n) is 3.77. The Hall–Kier alpha value is -0.650. The van der Waals surface area contributed by atoms with E-state index in [4.69, 9.17) is 0 Å². The molecule has 0 heterocycles. The second-order valence-corrected chi connectivity index (χ2v) is 5.70. The third kappa shape index (κ3) is 3.93. The molecule has 0 aromatic rings. The molecular weight excluding hydrogens is 230 g/mol. The fraction of sp³-hybridized carbons (Fsp3) is 0.923. The van der Waals surface area contributed by atoms with Gasteiger partial charge < -0.3 is 20.2 Å². The number of likely N-dealkylation sites (N-methyl/N-ethyl adjacent to an activating group) is 2. The van der Waals surface area contributed by atoms with Gasteiger partial charge in [-0.1, -0.05) is 0 Å². The first-order valence-corrected chi connectivity index (χ1v) is 6.68. The number of carboxylic acid groups (broad SMARTS) is 1. The van der Waals surface area contributed by atoms with Gasteiger partial charge in [0.1, 0.15) is 5.54 Å². The van der Waals surface area contributed by atoms with Crippen molar-refractivity contribution >= 4 is 5.97 Å². The highest BCUT2D eigenvalue weighted by atomic mass is 16.4. The molecule has 0 bridgehead atoms. The summed E-state index contributed by atoms with van der Waals surface area (Å²) in [5.41, 5.74) is -0.757. The summed E-state index contributed by atoms with van der Waals surface area (Å²) in [6.45, 7) is 2.55. The highest BCUT2D eigenvalue weighted by molar-refractivity contribution is 5.80. The molecule has 1 fully saturated rings. The zero-order valence-corrected chi connectivity index (χ0v) is 12.1. The van der Waals surface area contributed by atoms with E-state index in [2.05, 4.69) is 29.2 Å². The van der Waals surface area contributed by atoms with Gasteiger partial charge in [0.15, 0.2) is 0 Å². The summed E-state index contributed by atoms with van der Waals surface area (Å²) < 4.78 is 0. The van der Waals surface area contributed by atoms with Crippen molar-refractivity contribution < 1.29 is 9.90 Å². The average Bonchev–Trinajstić information content (AvgIpc) is 3.09. The Balaban J connectivity index is 2.47. The van der Waals surface area contributed by atoms with Crippen LogP contribution in [0.3, 0.4) is 0 Å². The largest absolute Gasteiger partial charge is 0.480 e. The SMILES string of the molecule is CNC(CN(C)CCCN(C)C)(C(=O)O)C1CC1. The van der Waals surface area contributed by atoms with Crippen LogP contribution in [0.2, 0.25) is 0 Å². The van der Waals surface area contributed by atoms with Gasteiger partial charge >= 0.3 is 5.97 Å². The number of nitrogens with zero attached hydrogens (tertiary/aromatic N) is 2. The standard InChI is InChI=1S/C13H27N3O2/c1-14-13(12(17)18,11-6-7-11)10-16(4)9-5-8-15(2)3/h11,14H,5-10H2,1-4H3,(H,17,18). The van der Waals surface area contributed by atoms with Gasteiger partial charge in [0.25, 0.3) is 0 Å². The van der Waals surface area contributed by atoms with Crippen molar-refractivity contribution in [3.05, 3.63) is 0 Å². The lowest BCUT2D eigenvalue weighted by Crippen LogP contribution is -2.59. The van der Waals surface area contributed by atoms with Crippen LogP contribution in [-0.2, 0) is 4.79 Å². The molecule has 0 saturated heterocycles. The maximum atomic E-state index is 11.6. The molecule has 1 saturated carbocycles. The molecule has 0 aromatic carbocycles. The maximum Gasteiger partial charge on any atom is 0.325 e. The summed E-state index contributed by atoms with van der Waals surface area (Å²) in [6, 6.07) is 0. The summed E-state index contributed by atoms with van der Waals surface area (Å²) in [6.07, 6.45) is 3.12.